The van der Waals surface area contributed by atoms with Gasteiger partial charge in [-0.1, -0.05) is 0 Å². The van der Waals surface area contributed by atoms with E-state index in [4.69, 9.17) is 4.98 Å². The maximum atomic E-state index is 9.51. The number of aromatic amines is 1. The molecule has 9 nitrogen and oxygen atoms in total. The number of phenols is 1. The SMILES string of the molecule is CN(c1ccncc1)c1nc(N2CCN(c3ccc(O)cc3)CC2)nc2nc[nH]c12. The minimum atomic E-state index is 0.281. The van der Waals surface area contributed by atoms with Gasteiger partial charge in [0.15, 0.2) is 11.5 Å². The number of imidazole rings is 1. The van der Waals surface area contributed by atoms with Gasteiger partial charge in [-0.15, -0.1) is 0 Å². The zero-order valence-corrected chi connectivity index (χ0v) is 16.6. The largest absolute Gasteiger partial charge is 0.508 e. The van der Waals surface area contributed by atoms with E-state index in [0.717, 1.165) is 48.9 Å². The maximum Gasteiger partial charge on any atom is 0.229 e. The molecule has 3 aromatic heterocycles. The minimum Gasteiger partial charge on any atom is -0.508 e. The summed E-state index contributed by atoms with van der Waals surface area (Å²) in [6.45, 7) is 3.30. The predicted octanol–water partition coefficient (Wildman–Crippen LogP) is 2.55. The number of rotatable bonds is 4. The number of phenolic OH excluding ortho intramolecular Hbond substituents is 1. The molecule has 0 atom stereocenters. The molecular weight excluding hydrogens is 380 g/mol. The minimum absolute atomic E-state index is 0.281. The van der Waals surface area contributed by atoms with E-state index in [1.807, 2.05) is 36.2 Å². The van der Waals surface area contributed by atoms with Gasteiger partial charge < -0.3 is 24.8 Å². The Labute approximate surface area is 173 Å². The highest BCUT2D eigenvalue weighted by Gasteiger charge is 2.22. The molecule has 0 radical (unpaired) electrons. The molecule has 4 heterocycles. The van der Waals surface area contributed by atoms with Gasteiger partial charge in [0.1, 0.15) is 11.3 Å². The predicted molar refractivity (Wildman–Crippen MR) is 117 cm³/mol. The highest BCUT2D eigenvalue weighted by Crippen LogP contribution is 2.29. The lowest BCUT2D eigenvalue weighted by Crippen LogP contribution is -2.47. The molecule has 5 rings (SSSR count). The zero-order chi connectivity index (χ0) is 20.5. The van der Waals surface area contributed by atoms with Gasteiger partial charge in [-0.2, -0.15) is 9.97 Å². The van der Waals surface area contributed by atoms with Crippen molar-refractivity contribution in [2.75, 3.05) is 47.9 Å². The Morgan fingerprint density at radius 2 is 1.63 bits per heavy atom. The van der Waals surface area contributed by atoms with Crippen molar-refractivity contribution in [2.45, 2.75) is 0 Å². The van der Waals surface area contributed by atoms with Crippen molar-refractivity contribution < 1.29 is 5.11 Å². The van der Waals surface area contributed by atoms with E-state index in [0.29, 0.717) is 11.6 Å². The second-order valence-corrected chi connectivity index (χ2v) is 7.20. The van der Waals surface area contributed by atoms with Crippen LogP contribution in [0.3, 0.4) is 0 Å². The number of benzene rings is 1. The van der Waals surface area contributed by atoms with Crippen LogP contribution in [0.4, 0.5) is 23.1 Å². The maximum absolute atomic E-state index is 9.51. The zero-order valence-electron chi connectivity index (χ0n) is 16.6. The Balaban J connectivity index is 1.41. The summed E-state index contributed by atoms with van der Waals surface area (Å²) in [6.07, 6.45) is 5.18. The van der Waals surface area contributed by atoms with Crippen molar-refractivity contribution in [3.8, 4) is 5.75 Å². The average Bonchev–Trinajstić information content (AvgIpc) is 3.28. The summed E-state index contributed by atoms with van der Waals surface area (Å²) in [5.41, 5.74) is 3.55. The first-order valence-corrected chi connectivity index (χ1v) is 9.83. The Morgan fingerprint density at radius 3 is 2.37 bits per heavy atom. The number of aromatic hydroxyl groups is 1. The van der Waals surface area contributed by atoms with Gasteiger partial charge in [-0.25, -0.2) is 4.98 Å². The van der Waals surface area contributed by atoms with E-state index in [9.17, 15) is 5.11 Å². The molecule has 0 unspecified atom stereocenters. The van der Waals surface area contributed by atoms with Crippen LogP contribution < -0.4 is 14.7 Å². The summed E-state index contributed by atoms with van der Waals surface area (Å²) in [5, 5.41) is 9.51. The molecular formula is C21H22N8O. The number of piperazine rings is 1. The first-order chi connectivity index (χ1) is 14.7. The molecule has 1 aliphatic rings. The summed E-state index contributed by atoms with van der Waals surface area (Å²) >= 11 is 0. The van der Waals surface area contributed by atoms with Crippen LogP contribution in [0.5, 0.6) is 5.75 Å². The number of anilines is 4. The lowest BCUT2D eigenvalue weighted by molar-refractivity contribution is 0.475. The summed E-state index contributed by atoms with van der Waals surface area (Å²) in [4.78, 5) is 27.7. The van der Waals surface area contributed by atoms with Crippen molar-refractivity contribution in [2.24, 2.45) is 0 Å². The van der Waals surface area contributed by atoms with Crippen molar-refractivity contribution in [3.63, 3.8) is 0 Å². The second kappa shape index (κ2) is 7.51. The Hall–Kier alpha value is -3.88. The van der Waals surface area contributed by atoms with Gasteiger partial charge in [0.05, 0.1) is 6.33 Å². The van der Waals surface area contributed by atoms with E-state index in [1.54, 1.807) is 30.9 Å². The van der Waals surface area contributed by atoms with Crippen LogP contribution in [0.1, 0.15) is 0 Å². The fourth-order valence-electron chi connectivity index (χ4n) is 3.71. The molecule has 0 spiro atoms. The number of fused-ring (bicyclic) bond motifs is 1. The third-order valence-electron chi connectivity index (χ3n) is 5.40. The summed E-state index contributed by atoms with van der Waals surface area (Å²) in [5.74, 6) is 1.74. The molecule has 152 valence electrons. The first-order valence-electron chi connectivity index (χ1n) is 9.83. The average molecular weight is 402 g/mol. The van der Waals surface area contributed by atoms with Crippen LogP contribution in [0.25, 0.3) is 11.2 Å². The van der Waals surface area contributed by atoms with E-state index < -0.39 is 0 Å². The normalized spacial score (nSPS) is 14.3. The molecule has 1 fully saturated rings. The highest BCUT2D eigenvalue weighted by molar-refractivity contribution is 5.87. The Bertz CT molecular complexity index is 1140. The molecule has 2 N–H and O–H groups in total. The number of nitrogens with zero attached hydrogens (tertiary/aromatic N) is 7. The fraction of sp³-hybridized carbons (Fsp3) is 0.238. The Kier molecular flexibility index (Phi) is 4.55. The smallest absolute Gasteiger partial charge is 0.229 e. The number of hydrogen-bond donors (Lipinski definition) is 2. The van der Waals surface area contributed by atoms with Crippen LogP contribution in [0.2, 0.25) is 0 Å². The lowest BCUT2D eigenvalue weighted by Gasteiger charge is -2.36. The molecule has 30 heavy (non-hydrogen) atoms. The molecule has 1 aliphatic heterocycles. The third-order valence-corrected chi connectivity index (χ3v) is 5.40. The van der Waals surface area contributed by atoms with Crippen LogP contribution in [-0.4, -0.2) is 63.3 Å². The van der Waals surface area contributed by atoms with E-state index in [1.165, 1.54) is 0 Å². The third kappa shape index (κ3) is 3.34. The van der Waals surface area contributed by atoms with Gasteiger partial charge in [-0.3, -0.25) is 4.98 Å². The number of H-pyrrole nitrogens is 1. The number of nitrogens with one attached hydrogen (secondary N) is 1. The van der Waals surface area contributed by atoms with Gasteiger partial charge in [0.2, 0.25) is 5.95 Å². The van der Waals surface area contributed by atoms with Crippen molar-refractivity contribution in [1.82, 2.24) is 24.9 Å². The van der Waals surface area contributed by atoms with Crippen molar-refractivity contribution in [1.29, 1.82) is 0 Å². The van der Waals surface area contributed by atoms with Gasteiger partial charge in [0, 0.05) is 57.0 Å². The molecule has 1 aromatic carbocycles. The summed E-state index contributed by atoms with van der Waals surface area (Å²) in [7, 11) is 1.98. The van der Waals surface area contributed by atoms with Crippen LogP contribution in [0, 0.1) is 0 Å². The summed E-state index contributed by atoms with van der Waals surface area (Å²) < 4.78 is 0. The van der Waals surface area contributed by atoms with E-state index in [2.05, 4.69) is 29.7 Å². The highest BCUT2D eigenvalue weighted by atomic mass is 16.3. The first kappa shape index (κ1) is 18.2. The summed E-state index contributed by atoms with van der Waals surface area (Å²) in [6, 6.07) is 11.2. The van der Waals surface area contributed by atoms with Gasteiger partial charge in [0.25, 0.3) is 0 Å². The Morgan fingerprint density at radius 1 is 0.933 bits per heavy atom. The van der Waals surface area contributed by atoms with Crippen LogP contribution in [0.15, 0.2) is 55.1 Å². The molecule has 9 heteroatoms. The van der Waals surface area contributed by atoms with Gasteiger partial charge >= 0.3 is 0 Å². The quantitative estimate of drug-likeness (QED) is 0.538. The molecule has 0 aliphatic carbocycles. The topological polar surface area (TPSA) is 97.3 Å². The second-order valence-electron chi connectivity index (χ2n) is 7.20. The fourth-order valence-corrected chi connectivity index (χ4v) is 3.71. The van der Waals surface area contributed by atoms with E-state index in [-0.39, 0.29) is 5.75 Å². The number of aromatic nitrogens is 5. The van der Waals surface area contributed by atoms with Crippen molar-refractivity contribution >= 4 is 34.3 Å². The molecule has 0 bridgehead atoms. The number of hydrogen-bond acceptors (Lipinski definition) is 8. The van der Waals surface area contributed by atoms with Crippen LogP contribution >= 0.6 is 0 Å². The van der Waals surface area contributed by atoms with E-state index >= 15 is 0 Å². The molecule has 1 saturated heterocycles. The van der Waals surface area contributed by atoms with Gasteiger partial charge in [-0.05, 0) is 36.4 Å². The molecule has 4 aromatic rings. The van der Waals surface area contributed by atoms with Crippen LogP contribution in [-0.2, 0) is 0 Å². The number of pyridine rings is 1. The lowest BCUT2D eigenvalue weighted by atomic mass is 10.2. The van der Waals surface area contributed by atoms with Crippen molar-refractivity contribution in [3.05, 3.63) is 55.1 Å². The standard InChI is InChI=1S/C21H22N8O/c1-27(15-6-8-22-9-7-15)20-18-19(24-14-23-18)25-21(26-20)29-12-10-28(11-13-29)16-2-4-17(30)5-3-16/h2-9,14,30H,10-13H2,1H3,(H,23,24,25,26). The molecule has 0 amide bonds. The molecule has 0 saturated carbocycles. The monoisotopic (exact) mass is 402 g/mol.